The molecule has 0 amide bonds. The highest BCUT2D eigenvalue weighted by Crippen LogP contribution is 2.20. The first kappa shape index (κ1) is 10.3. The van der Waals surface area contributed by atoms with Crippen LogP contribution in [-0.2, 0) is 0 Å². The van der Waals surface area contributed by atoms with E-state index in [1.54, 1.807) is 7.11 Å². The largest absolute Gasteiger partial charge is 0.496 e. The molecule has 70 valence electrons. The van der Waals surface area contributed by atoms with Crippen LogP contribution in [0.15, 0.2) is 29.8 Å². The maximum absolute atomic E-state index is 5.23. The highest BCUT2D eigenvalue weighted by molar-refractivity contribution is 9.09. The minimum absolute atomic E-state index is 0.894. The second-order valence-electron chi connectivity index (χ2n) is 2.87. The fraction of sp³-hybridized carbons (Fsp3) is 0.273. The van der Waals surface area contributed by atoms with Crippen LogP contribution in [0.1, 0.15) is 12.5 Å². The lowest BCUT2D eigenvalue weighted by Gasteiger charge is -2.04. The number of methoxy groups -OCH3 is 1. The summed E-state index contributed by atoms with van der Waals surface area (Å²) in [6.07, 6.45) is 2.12. The van der Waals surface area contributed by atoms with Gasteiger partial charge in [-0.2, -0.15) is 0 Å². The molecule has 0 atom stereocenters. The van der Waals surface area contributed by atoms with Gasteiger partial charge in [0, 0.05) is 10.9 Å². The number of halogens is 1. The molecule has 0 aromatic heterocycles. The third-order valence-electron chi connectivity index (χ3n) is 1.75. The Morgan fingerprint density at radius 2 is 2.15 bits per heavy atom. The van der Waals surface area contributed by atoms with Crippen LogP contribution < -0.4 is 4.74 Å². The lowest BCUT2D eigenvalue weighted by Crippen LogP contribution is -1.86. The second kappa shape index (κ2) is 5.07. The fourth-order valence-corrected chi connectivity index (χ4v) is 1.25. The molecule has 1 rings (SSSR count). The van der Waals surface area contributed by atoms with Crippen LogP contribution in [-0.4, -0.2) is 12.4 Å². The van der Waals surface area contributed by atoms with E-state index >= 15 is 0 Å². The van der Waals surface area contributed by atoms with Crippen molar-refractivity contribution in [1.82, 2.24) is 0 Å². The first-order valence-electron chi connectivity index (χ1n) is 4.14. The van der Waals surface area contributed by atoms with Crippen molar-refractivity contribution in [2.24, 2.45) is 0 Å². The maximum atomic E-state index is 5.23. The molecule has 0 bridgehead atoms. The van der Waals surface area contributed by atoms with E-state index in [-0.39, 0.29) is 0 Å². The monoisotopic (exact) mass is 240 g/mol. The molecule has 0 heterocycles. The van der Waals surface area contributed by atoms with Gasteiger partial charge in [-0.25, -0.2) is 0 Å². The number of alkyl halides is 1. The van der Waals surface area contributed by atoms with E-state index < -0.39 is 0 Å². The third-order valence-corrected chi connectivity index (χ3v) is 2.64. The summed E-state index contributed by atoms with van der Waals surface area (Å²) in [7, 11) is 1.69. The number of hydrogen-bond donors (Lipinski definition) is 0. The summed E-state index contributed by atoms with van der Waals surface area (Å²) in [5.74, 6) is 0.919. The number of hydrogen-bond acceptors (Lipinski definition) is 1. The Morgan fingerprint density at radius 3 is 2.77 bits per heavy atom. The molecule has 0 aliphatic heterocycles. The van der Waals surface area contributed by atoms with Crippen molar-refractivity contribution in [2.75, 3.05) is 12.4 Å². The zero-order valence-electron chi connectivity index (χ0n) is 7.88. The van der Waals surface area contributed by atoms with E-state index in [9.17, 15) is 0 Å². The zero-order valence-corrected chi connectivity index (χ0v) is 9.47. The van der Waals surface area contributed by atoms with Crippen molar-refractivity contribution in [3.05, 3.63) is 35.4 Å². The molecule has 13 heavy (non-hydrogen) atoms. The van der Waals surface area contributed by atoms with E-state index in [1.807, 2.05) is 24.3 Å². The van der Waals surface area contributed by atoms with Gasteiger partial charge in [0.2, 0.25) is 0 Å². The van der Waals surface area contributed by atoms with E-state index in [0.29, 0.717) is 0 Å². The van der Waals surface area contributed by atoms with Gasteiger partial charge in [-0.3, -0.25) is 0 Å². The predicted octanol–water partition coefficient (Wildman–Crippen LogP) is 3.49. The molecule has 2 heteroatoms. The molecule has 0 N–H and O–H groups in total. The second-order valence-corrected chi connectivity index (χ2v) is 3.43. The number of ether oxygens (including phenoxy) is 1. The highest BCUT2D eigenvalue weighted by atomic mass is 79.9. The van der Waals surface area contributed by atoms with Gasteiger partial charge in [0.05, 0.1) is 7.11 Å². The zero-order chi connectivity index (χ0) is 9.68. The number of benzene rings is 1. The third kappa shape index (κ3) is 2.88. The molecular weight excluding hydrogens is 228 g/mol. The van der Waals surface area contributed by atoms with Crippen LogP contribution in [0.3, 0.4) is 0 Å². The van der Waals surface area contributed by atoms with E-state index in [1.165, 1.54) is 5.57 Å². The summed E-state index contributed by atoms with van der Waals surface area (Å²) >= 11 is 3.41. The molecule has 1 nitrogen and oxygen atoms in total. The Morgan fingerprint density at radius 1 is 1.46 bits per heavy atom. The summed E-state index contributed by atoms with van der Waals surface area (Å²) in [5.41, 5.74) is 2.41. The Balaban J connectivity index is 2.99. The van der Waals surface area contributed by atoms with Gasteiger partial charge in [0.1, 0.15) is 5.75 Å². The average Bonchev–Trinajstić information content (AvgIpc) is 2.18. The Kier molecular flexibility index (Phi) is 4.03. The van der Waals surface area contributed by atoms with E-state index in [0.717, 1.165) is 16.6 Å². The fourth-order valence-electron chi connectivity index (χ4n) is 1.09. The van der Waals surface area contributed by atoms with Gasteiger partial charge in [-0.05, 0) is 13.0 Å². The van der Waals surface area contributed by atoms with Crippen molar-refractivity contribution >= 4 is 22.0 Å². The molecule has 0 saturated heterocycles. The van der Waals surface area contributed by atoms with Crippen molar-refractivity contribution in [1.29, 1.82) is 0 Å². The normalized spacial score (nSPS) is 11.5. The van der Waals surface area contributed by atoms with Gasteiger partial charge in [0.25, 0.3) is 0 Å². The Hall–Kier alpha value is -0.760. The smallest absolute Gasteiger partial charge is 0.126 e. The average molecular weight is 241 g/mol. The summed E-state index contributed by atoms with van der Waals surface area (Å²) in [6.45, 7) is 2.08. The molecule has 1 aromatic rings. The number of rotatable bonds is 3. The maximum Gasteiger partial charge on any atom is 0.126 e. The van der Waals surface area contributed by atoms with Gasteiger partial charge in [0.15, 0.2) is 0 Å². The lowest BCUT2D eigenvalue weighted by atomic mass is 10.1. The van der Waals surface area contributed by atoms with E-state index in [2.05, 4.69) is 28.9 Å². The van der Waals surface area contributed by atoms with Crippen LogP contribution in [0.4, 0.5) is 0 Å². The minimum Gasteiger partial charge on any atom is -0.496 e. The standard InChI is InChI=1S/C11H13BrO/c1-9(8-12)7-10-5-3-4-6-11(10)13-2/h3-7H,8H2,1-2H3. The van der Waals surface area contributed by atoms with Crippen molar-refractivity contribution in [3.63, 3.8) is 0 Å². The van der Waals surface area contributed by atoms with Gasteiger partial charge >= 0.3 is 0 Å². The van der Waals surface area contributed by atoms with Crippen LogP contribution in [0.25, 0.3) is 6.08 Å². The molecule has 0 aliphatic rings. The number of para-hydroxylation sites is 1. The summed E-state index contributed by atoms with van der Waals surface area (Å²) in [4.78, 5) is 0. The summed E-state index contributed by atoms with van der Waals surface area (Å²) in [6, 6.07) is 7.99. The quantitative estimate of drug-likeness (QED) is 0.736. The van der Waals surface area contributed by atoms with E-state index in [4.69, 9.17) is 4.74 Å². The van der Waals surface area contributed by atoms with Crippen LogP contribution in [0.2, 0.25) is 0 Å². The molecule has 0 saturated carbocycles. The lowest BCUT2D eigenvalue weighted by molar-refractivity contribution is 0.414. The van der Waals surface area contributed by atoms with Crippen molar-refractivity contribution in [3.8, 4) is 5.75 Å². The number of allylic oxidation sites excluding steroid dienone is 1. The first-order chi connectivity index (χ1) is 6.27. The summed E-state index contributed by atoms with van der Waals surface area (Å²) < 4.78 is 5.23. The molecule has 0 unspecified atom stereocenters. The molecule has 1 aromatic carbocycles. The molecule has 0 radical (unpaired) electrons. The SMILES string of the molecule is COc1ccccc1C=C(C)CBr. The van der Waals surface area contributed by atoms with Crippen molar-refractivity contribution in [2.45, 2.75) is 6.92 Å². The predicted molar refractivity (Wildman–Crippen MR) is 60.4 cm³/mol. The minimum atomic E-state index is 0.894. The van der Waals surface area contributed by atoms with Crippen LogP contribution in [0, 0.1) is 0 Å². The van der Waals surface area contributed by atoms with Gasteiger partial charge in [-0.15, -0.1) is 0 Å². The Bertz CT molecular complexity index is 305. The molecule has 0 fully saturated rings. The first-order valence-corrected chi connectivity index (χ1v) is 5.26. The molecule has 0 spiro atoms. The topological polar surface area (TPSA) is 9.23 Å². The van der Waals surface area contributed by atoms with Crippen LogP contribution >= 0.6 is 15.9 Å². The Labute approximate surface area is 87.5 Å². The highest BCUT2D eigenvalue weighted by Gasteiger charge is 1.97. The molecular formula is C11H13BrO. The molecule has 0 aliphatic carbocycles. The summed E-state index contributed by atoms with van der Waals surface area (Å²) in [5, 5.41) is 0.894. The van der Waals surface area contributed by atoms with Gasteiger partial charge < -0.3 is 4.74 Å². The van der Waals surface area contributed by atoms with Gasteiger partial charge in [-0.1, -0.05) is 45.8 Å². The van der Waals surface area contributed by atoms with Crippen molar-refractivity contribution < 1.29 is 4.74 Å². The van der Waals surface area contributed by atoms with Crippen LogP contribution in [0.5, 0.6) is 5.75 Å².